The van der Waals surface area contributed by atoms with Gasteiger partial charge >= 0.3 is 0 Å². The summed E-state index contributed by atoms with van der Waals surface area (Å²) in [6, 6.07) is 11.3. The Bertz CT molecular complexity index is 1200. The van der Waals surface area contributed by atoms with Gasteiger partial charge in [0, 0.05) is 54.5 Å². The molecule has 0 saturated heterocycles. The average molecular weight is 380 g/mol. The van der Waals surface area contributed by atoms with Gasteiger partial charge in [-0.3, -0.25) is 4.68 Å². The topological polar surface area (TPSA) is 63.8 Å². The quantitative estimate of drug-likeness (QED) is 0.577. The third kappa shape index (κ3) is 2.92. The molecule has 1 unspecified atom stereocenters. The minimum atomic E-state index is -2.65. The summed E-state index contributed by atoms with van der Waals surface area (Å²) in [6.07, 6.45) is 2.20. The van der Waals surface area contributed by atoms with Crippen molar-refractivity contribution in [2.75, 3.05) is 0 Å². The Kier molecular flexibility index (Phi) is 3.71. The summed E-state index contributed by atoms with van der Waals surface area (Å²) < 4.78 is 28.0. The molecule has 3 aromatic heterocycles. The molecule has 4 aromatic rings. The largest absolute Gasteiger partial charge is 0.388 e. The van der Waals surface area contributed by atoms with Gasteiger partial charge in [-0.15, -0.1) is 0 Å². The van der Waals surface area contributed by atoms with Crippen LogP contribution in [0.3, 0.4) is 0 Å². The first kappa shape index (κ1) is 17.2. The van der Waals surface area contributed by atoms with E-state index in [-0.39, 0.29) is 12.8 Å². The van der Waals surface area contributed by atoms with E-state index in [1.165, 1.54) is 0 Å². The number of hydrogen-bond acceptors (Lipinski definition) is 4. The highest BCUT2D eigenvalue weighted by atomic mass is 19.3. The lowest BCUT2D eigenvalue weighted by atomic mass is 9.75. The fraction of sp³-hybridized carbons (Fsp3) is 0.286. The summed E-state index contributed by atoms with van der Waals surface area (Å²) in [7, 11) is 1.85. The van der Waals surface area contributed by atoms with Gasteiger partial charge in [-0.2, -0.15) is 5.10 Å². The highest BCUT2D eigenvalue weighted by Gasteiger charge is 2.48. The molecule has 0 aliphatic heterocycles. The number of aromatic nitrogens is 4. The van der Waals surface area contributed by atoms with Gasteiger partial charge < -0.3 is 5.11 Å². The van der Waals surface area contributed by atoms with Gasteiger partial charge in [0.15, 0.2) is 5.65 Å². The van der Waals surface area contributed by atoms with Crippen LogP contribution in [0.5, 0.6) is 0 Å². The van der Waals surface area contributed by atoms with Crippen molar-refractivity contribution in [1.29, 1.82) is 0 Å². The van der Waals surface area contributed by atoms with Crippen molar-refractivity contribution in [2.24, 2.45) is 13.0 Å². The number of halogens is 2. The van der Waals surface area contributed by atoms with E-state index >= 15 is 0 Å². The number of rotatable bonds is 3. The molecule has 0 spiro atoms. The Morgan fingerprint density at radius 1 is 1.14 bits per heavy atom. The lowest BCUT2D eigenvalue weighted by Crippen LogP contribution is -2.38. The predicted octanol–water partition coefficient (Wildman–Crippen LogP) is 4.26. The molecule has 1 atom stereocenters. The Morgan fingerprint density at radius 2 is 1.93 bits per heavy atom. The van der Waals surface area contributed by atoms with Gasteiger partial charge in [-0.25, -0.2) is 18.7 Å². The summed E-state index contributed by atoms with van der Waals surface area (Å²) in [4.78, 5) is 9.08. The van der Waals surface area contributed by atoms with E-state index in [0.29, 0.717) is 16.7 Å². The van der Waals surface area contributed by atoms with Crippen molar-refractivity contribution in [3.8, 4) is 11.3 Å². The molecule has 0 radical (unpaired) electrons. The van der Waals surface area contributed by atoms with Gasteiger partial charge in [0.05, 0.1) is 17.3 Å². The maximum absolute atomic E-state index is 13.1. The Balaban J connectivity index is 1.50. The van der Waals surface area contributed by atoms with Crippen LogP contribution in [-0.2, 0) is 7.05 Å². The number of nitrogens with zero attached hydrogens (tertiary/aromatic N) is 4. The van der Waals surface area contributed by atoms with Crippen molar-refractivity contribution in [1.82, 2.24) is 19.7 Å². The average Bonchev–Trinajstić information content (AvgIpc) is 3.03. The molecule has 28 heavy (non-hydrogen) atoms. The second-order valence-electron chi connectivity index (χ2n) is 7.56. The van der Waals surface area contributed by atoms with Gasteiger partial charge in [0.1, 0.15) is 0 Å². The van der Waals surface area contributed by atoms with Crippen LogP contribution in [0.2, 0.25) is 0 Å². The molecule has 5 nitrogen and oxygen atoms in total. The van der Waals surface area contributed by atoms with E-state index < -0.39 is 17.9 Å². The van der Waals surface area contributed by atoms with Gasteiger partial charge in [-0.05, 0) is 23.8 Å². The first-order chi connectivity index (χ1) is 13.4. The number of pyridine rings is 2. The van der Waals surface area contributed by atoms with Crippen LogP contribution in [0.1, 0.15) is 24.5 Å². The minimum absolute atomic E-state index is 0.267. The molecule has 5 rings (SSSR count). The number of aliphatic hydroxyl groups excluding tert-OH is 1. The zero-order valence-electron chi connectivity index (χ0n) is 15.2. The van der Waals surface area contributed by atoms with Crippen LogP contribution in [0.15, 0.2) is 48.8 Å². The van der Waals surface area contributed by atoms with E-state index in [1.54, 1.807) is 23.0 Å². The summed E-state index contributed by atoms with van der Waals surface area (Å²) in [5, 5.41) is 16.6. The Labute approximate surface area is 159 Å². The molecule has 1 aliphatic carbocycles. The predicted molar refractivity (Wildman–Crippen MR) is 102 cm³/mol. The number of aryl methyl sites for hydroxylation is 1. The molecule has 142 valence electrons. The smallest absolute Gasteiger partial charge is 0.248 e. The number of alkyl halides is 2. The molecule has 1 fully saturated rings. The fourth-order valence-electron chi connectivity index (χ4n) is 3.85. The number of hydrogen-bond donors (Lipinski definition) is 1. The van der Waals surface area contributed by atoms with E-state index in [9.17, 15) is 13.9 Å². The highest BCUT2D eigenvalue weighted by molar-refractivity contribution is 5.84. The lowest BCUT2D eigenvalue weighted by Gasteiger charge is -2.38. The monoisotopic (exact) mass is 380 g/mol. The summed E-state index contributed by atoms with van der Waals surface area (Å²) in [5.41, 5.74) is 3.64. The van der Waals surface area contributed by atoms with Crippen LogP contribution in [0, 0.1) is 5.92 Å². The van der Waals surface area contributed by atoms with Crippen molar-refractivity contribution in [3.63, 3.8) is 0 Å². The Morgan fingerprint density at radius 3 is 2.71 bits per heavy atom. The number of benzene rings is 1. The zero-order valence-corrected chi connectivity index (χ0v) is 15.2. The number of fused-ring (bicyclic) bond motifs is 2. The van der Waals surface area contributed by atoms with Crippen LogP contribution in [0.4, 0.5) is 8.78 Å². The summed E-state index contributed by atoms with van der Waals surface area (Å²) in [6.45, 7) is 0. The molecule has 1 aliphatic rings. The highest BCUT2D eigenvalue weighted by Crippen LogP contribution is 2.48. The van der Waals surface area contributed by atoms with Crippen molar-refractivity contribution < 1.29 is 13.9 Å². The molecule has 1 aromatic carbocycles. The first-order valence-electron chi connectivity index (χ1n) is 9.14. The SMILES string of the molecule is Cn1cc2cc(-c3ccc4ccc(C(O)C5CC(F)(F)C5)cc4n3)cnc2n1. The maximum atomic E-state index is 13.1. The van der Waals surface area contributed by atoms with Gasteiger partial charge in [0.25, 0.3) is 0 Å². The molecular weight excluding hydrogens is 362 g/mol. The molecule has 3 heterocycles. The minimum Gasteiger partial charge on any atom is -0.388 e. The van der Waals surface area contributed by atoms with Crippen LogP contribution >= 0.6 is 0 Å². The fourth-order valence-corrected chi connectivity index (χ4v) is 3.85. The second-order valence-corrected chi connectivity index (χ2v) is 7.56. The number of aliphatic hydroxyl groups is 1. The van der Waals surface area contributed by atoms with E-state index in [2.05, 4.69) is 10.1 Å². The van der Waals surface area contributed by atoms with E-state index in [1.807, 2.05) is 37.5 Å². The van der Waals surface area contributed by atoms with Crippen LogP contribution in [-0.4, -0.2) is 30.8 Å². The zero-order chi connectivity index (χ0) is 19.5. The van der Waals surface area contributed by atoms with E-state index in [4.69, 9.17) is 4.98 Å². The van der Waals surface area contributed by atoms with Crippen molar-refractivity contribution in [3.05, 3.63) is 54.4 Å². The second kappa shape index (κ2) is 6.04. The third-order valence-corrected chi connectivity index (χ3v) is 5.40. The molecular formula is C21H18F2N4O. The molecule has 0 bridgehead atoms. The summed E-state index contributed by atoms with van der Waals surface area (Å²) in [5.74, 6) is -3.06. The standard InChI is InChI=1S/C21H18F2N4O/c1-27-11-15-6-14(10-24-20(15)26-27)17-5-4-12-2-3-13(7-18(12)25-17)19(28)16-8-21(22,23)9-16/h2-7,10-11,16,19,28H,8-9H2,1H3. The normalized spacial score (nSPS) is 17.7. The van der Waals surface area contributed by atoms with E-state index in [0.717, 1.165) is 22.0 Å². The first-order valence-corrected chi connectivity index (χ1v) is 9.14. The van der Waals surface area contributed by atoms with Crippen LogP contribution in [0.25, 0.3) is 33.2 Å². The van der Waals surface area contributed by atoms with Crippen molar-refractivity contribution >= 4 is 21.9 Å². The lowest BCUT2D eigenvalue weighted by molar-refractivity contribution is -0.142. The Hall–Kier alpha value is -2.93. The van der Waals surface area contributed by atoms with Crippen molar-refractivity contribution in [2.45, 2.75) is 24.9 Å². The molecule has 1 N–H and O–H groups in total. The molecule has 0 amide bonds. The van der Waals surface area contributed by atoms with Crippen LogP contribution < -0.4 is 0 Å². The summed E-state index contributed by atoms with van der Waals surface area (Å²) >= 11 is 0. The molecule has 1 saturated carbocycles. The van der Waals surface area contributed by atoms with Gasteiger partial charge in [-0.1, -0.05) is 18.2 Å². The maximum Gasteiger partial charge on any atom is 0.248 e. The molecule has 7 heteroatoms. The third-order valence-electron chi connectivity index (χ3n) is 5.40. The van der Waals surface area contributed by atoms with Gasteiger partial charge in [0.2, 0.25) is 5.92 Å².